The molecule has 0 fully saturated rings. The Morgan fingerprint density at radius 1 is 1.20 bits per heavy atom. The standard InChI is InChI=1S/C24H22N6O4S/c1-24(2)22(33)27-15-11-14-16(12-17(15)34-24)30(10-7-20(25)31)23(28-14)29-21(32)19-4-3-18(35-19)13-5-8-26-9-6-13/h3-6,8-9,11-12H,7,10H2,1-2H3,(H2,25,31)(H,27,33)(H,28,29,32). The van der Waals surface area contributed by atoms with Gasteiger partial charge < -0.3 is 20.4 Å². The van der Waals surface area contributed by atoms with Crippen LogP contribution in [0.25, 0.3) is 21.5 Å². The molecule has 4 N–H and O–H groups in total. The Morgan fingerprint density at radius 2 is 1.97 bits per heavy atom. The van der Waals surface area contributed by atoms with Crippen LogP contribution in [0.2, 0.25) is 0 Å². The molecule has 178 valence electrons. The number of primary amides is 1. The summed E-state index contributed by atoms with van der Waals surface area (Å²) < 4.78 is 7.60. The third-order valence-corrected chi connectivity index (χ3v) is 6.74. The first-order valence-electron chi connectivity index (χ1n) is 10.9. The third kappa shape index (κ3) is 4.33. The molecule has 10 nitrogen and oxygen atoms in total. The molecule has 3 amide bonds. The molecule has 0 saturated heterocycles. The molecule has 1 aliphatic rings. The van der Waals surface area contributed by atoms with Gasteiger partial charge in [-0.15, -0.1) is 11.3 Å². The Morgan fingerprint density at radius 3 is 2.71 bits per heavy atom. The van der Waals surface area contributed by atoms with Gasteiger partial charge in [0.2, 0.25) is 11.9 Å². The van der Waals surface area contributed by atoms with E-state index in [1.165, 1.54) is 11.3 Å². The van der Waals surface area contributed by atoms with Crippen molar-refractivity contribution in [2.75, 3.05) is 10.6 Å². The summed E-state index contributed by atoms with van der Waals surface area (Å²) >= 11 is 1.35. The number of aryl methyl sites for hydroxylation is 1. The van der Waals surface area contributed by atoms with Crippen molar-refractivity contribution in [3.05, 3.63) is 53.7 Å². The van der Waals surface area contributed by atoms with Gasteiger partial charge in [0, 0.05) is 36.3 Å². The fraction of sp³-hybridized carbons (Fsp3) is 0.208. The van der Waals surface area contributed by atoms with Gasteiger partial charge in [-0.05, 0) is 49.7 Å². The molecule has 0 spiro atoms. The predicted molar refractivity (Wildman–Crippen MR) is 132 cm³/mol. The third-order valence-electron chi connectivity index (χ3n) is 5.61. The van der Waals surface area contributed by atoms with E-state index >= 15 is 0 Å². The van der Waals surface area contributed by atoms with Crippen molar-refractivity contribution >= 4 is 51.7 Å². The minimum atomic E-state index is -1.04. The highest BCUT2D eigenvalue weighted by Crippen LogP contribution is 2.38. The Labute approximate surface area is 204 Å². The molecule has 0 atom stereocenters. The summed E-state index contributed by atoms with van der Waals surface area (Å²) in [5, 5.41) is 5.68. The Kier molecular flexibility index (Phi) is 5.48. The number of ether oxygens (including phenoxy) is 1. The number of fused-ring (bicyclic) bond motifs is 2. The first-order chi connectivity index (χ1) is 16.7. The van der Waals surface area contributed by atoms with E-state index in [1.54, 1.807) is 49.0 Å². The van der Waals surface area contributed by atoms with Crippen LogP contribution >= 0.6 is 11.3 Å². The lowest BCUT2D eigenvalue weighted by atomic mass is 10.1. The monoisotopic (exact) mass is 490 g/mol. The topological polar surface area (TPSA) is 141 Å². The van der Waals surface area contributed by atoms with Crippen molar-refractivity contribution in [1.29, 1.82) is 0 Å². The van der Waals surface area contributed by atoms with E-state index in [4.69, 9.17) is 10.5 Å². The number of anilines is 2. The lowest BCUT2D eigenvalue weighted by Gasteiger charge is -2.31. The van der Waals surface area contributed by atoms with E-state index in [2.05, 4.69) is 20.6 Å². The van der Waals surface area contributed by atoms with Gasteiger partial charge in [0.05, 0.1) is 21.6 Å². The van der Waals surface area contributed by atoms with Crippen LogP contribution in [0.3, 0.4) is 0 Å². The average molecular weight is 491 g/mol. The Balaban J connectivity index is 1.50. The summed E-state index contributed by atoms with van der Waals surface area (Å²) in [4.78, 5) is 46.9. The number of amides is 3. The van der Waals surface area contributed by atoms with Gasteiger partial charge in [0.1, 0.15) is 5.75 Å². The van der Waals surface area contributed by atoms with Crippen molar-refractivity contribution in [2.24, 2.45) is 5.73 Å². The SMILES string of the molecule is CC1(C)Oc2cc3c(cc2NC1=O)nc(NC(=O)c1ccc(-c2ccncc2)s1)n3CCC(N)=O. The van der Waals surface area contributed by atoms with E-state index in [-0.39, 0.29) is 30.7 Å². The van der Waals surface area contributed by atoms with Gasteiger partial charge in [-0.3, -0.25) is 24.7 Å². The normalized spacial score (nSPS) is 14.2. The maximum absolute atomic E-state index is 13.1. The van der Waals surface area contributed by atoms with Crippen LogP contribution in [-0.4, -0.2) is 37.9 Å². The molecule has 3 aromatic heterocycles. The number of nitrogens with zero attached hydrogens (tertiary/aromatic N) is 3. The molecule has 0 aliphatic carbocycles. The second kappa shape index (κ2) is 8.51. The fourth-order valence-corrected chi connectivity index (χ4v) is 4.67. The zero-order valence-corrected chi connectivity index (χ0v) is 19.8. The van der Waals surface area contributed by atoms with Crippen LogP contribution in [0, 0.1) is 0 Å². The fourth-order valence-electron chi connectivity index (χ4n) is 3.77. The second-order valence-corrected chi connectivity index (χ2v) is 9.64. The average Bonchev–Trinajstić information content (AvgIpc) is 3.43. The summed E-state index contributed by atoms with van der Waals surface area (Å²) in [6.07, 6.45) is 3.45. The molecule has 0 radical (unpaired) electrons. The number of nitrogens with one attached hydrogen (secondary N) is 2. The molecule has 0 saturated carbocycles. The van der Waals surface area contributed by atoms with Crippen molar-refractivity contribution in [3.8, 4) is 16.2 Å². The van der Waals surface area contributed by atoms with Gasteiger partial charge in [0.15, 0.2) is 5.60 Å². The minimum Gasteiger partial charge on any atom is -0.476 e. The summed E-state index contributed by atoms with van der Waals surface area (Å²) in [5.74, 6) is -0.347. The van der Waals surface area contributed by atoms with Gasteiger partial charge in [-0.1, -0.05) is 0 Å². The number of carbonyl (C=O) groups is 3. The van der Waals surface area contributed by atoms with Gasteiger partial charge in [-0.2, -0.15) is 0 Å². The molecule has 5 rings (SSSR count). The van der Waals surface area contributed by atoms with E-state index in [0.717, 1.165) is 10.4 Å². The first kappa shape index (κ1) is 22.5. The molecular weight excluding hydrogens is 468 g/mol. The maximum atomic E-state index is 13.1. The summed E-state index contributed by atoms with van der Waals surface area (Å²) in [5.41, 5.74) is 6.95. The first-order valence-corrected chi connectivity index (χ1v) is 11.7. The predicted octanol–water partition coefficient (Wildman–Crippen LogP) is 3.40. The summed E-state index contributed by atoms with van der Waals surface area (Å²) in [6, 6.07) is 10.8. The Bertz CT molecular complexity index is 1470. The van der Waals surface area contributed by atoms with Crippen LogP contribution in [0.4, 0.5) is 11.6 Å². The molecule has 11 heteroatoms. The van der Waals surface area contributed by atoms with Crippen molar-refractivity contribution in [3.63, 3.8) is 0 Å². The molecule has 1 aromatic carbocycles. The molecule has 1 aliphatic heterocycles. The number of aromatic nitrogens is 3. The number of thiophene rings is 1. The van der Waals surface area contributed by atoms with Crippen LogP contribution in [0.5, 0.6) is 5.75 Å². The molecule has 0 bridgehead atoms. The van der Waals surface area contributed by atoms with Crippen LogP contribution < -0.4 is 21.1 Å². The molecule has 4 aromatic rings. The highest BCUT2D eigenvalue weighted by molar-refractivity contribution is 7.17. The number of carbonyl (C=O) groups excluding carboxylic acids is 3. The van der Waals surface area contributed by atoms with E-state index < -0.39 is 11.5 Å². The van der Waals surface area contributed by atoms with Crippen LogP contribution in [-0.2, 0) is 16.1 Å². The number of benzene rings is 1. The van der Waals surface area contributed by atoms with Crippen LogP contribution in [0.1, 0.15) is 29.9 Å². The van der Waals surface area contributed by atoms with Crippen LogP contribution in [0.15, 0.2) is 48.8 Å². The number of hydrogen-bond donors (Lipinski definition) is 3. The minimum absolute atomic E-state index is 0.0553. The van der Waals surface area contributed by atoms with Crippen molar-refractivity contribution < 1.29 is 19.1 Å². The Hall–Kier alpha value is -4.25. The smallest absolute Gasteiger partial charge is 0.268 e. The molecule has 4 heterocycles. The molecule has 35 heavy (non-hydrogen) atoms. The zero-order chi connectivity index (χ0) is 24.7. The summed E-state index contributed by atoms with van der Waals surface area (Å²) in [6.45, 7) is 3.56. The number of hydrogen-bond acceptors (Lipinski definition) is 7. The lowest BCUT2D eigenvalue weighted by molar-refractivity contribution is -0.129. The van der Waals surface area contributed by atoms with E-state index in [0.29, 0.717) is 27.3 Å². The maximum Gasteiger partial charge on any atom is 0.268 e. The van der Waals surface area contributed by atoms with Crippen molar-refractivity contribution in [1.82, 2.24) is 14.5 Å². The van der Waals surface area contributed by atoms with E-state index in [1.807, 2.05) is 18.2 Å². The van der Waals surface area contributed by atoms with Crippen molar-refractivity contribution in [2.45, 2.75) is 32.4 Å². The van der Waals surface area contributed by atoms with E-state index in [9.17, 15) is 14.4 Å². The van der Waals surface area contributed by atoms with Gasteiger partial charge in [-0.25, -0.2) is 4.98 Å². The second-order valence-electron chi connectivity index (χ2n) is 8.56. The van der Waals surface area contributed by atoms with Gasteiger partial charge >= 0.3 is 0 Å². The molecule has 0 unspecified atom stereocenters. The number of imidazole rings is 1. The summed E-state index contributed by atoms with van der Waals surface area (Å²) in [7, 11) is 0. The van der Waals surface area contributed by atoms with Gasteiger partial charge in [0.25, 0.3) is 11.8 Å². The highest BCUT2D eigenvalue weighted by Gasteiger charge is 2.36. The number of rotatable bonds is 6. The number of nitrogens with two attached hydrogens (primary N) is 1. The highest BCUT2D eigenvalue weighted by atomic mass is 32.1. The quantitative estimate of drug-likeness (QED) is 0.378. The largest absolute Gasteiger partial charge is 0.476 e. The lowest BCUT2D eigenvalue weighted by Crippen LogP contribution is -2.45. The number of pyridine rings is 1. The zero-order valence-electron chi connectivity index (χ0n) is 19.0. The molecular formula is C24H22N6O4S.